The number of rotatable bonds is 12. The number of hydrogen-bond donors (Lipinski definition) is 2. The van der Waals surface area contributed by atoms with Crippen LogP contribution in [0.4, 0.5) is 31.9 Å². The molecule has 4 rings (SSSR count). The second-order valence-electron chi connectivity index (χ2n) is 8.43. The maximum Gasteiger partial charge on any atom is 0.229 e. The van der Waals surface area contributed by atoms with Crippen LogP contribution in [0.5, 0.6) is 11.5 Å². The van der Waals surface area contributed by atoms with Crippen molar-refractivity contribution < 1.29 is 18.3 Å². The van der Waals surface area contributed by atoms with E-state index in [0.29, 0.717) is 40.9 Å². The van der Waals surface area contributed by atoms with Gasteiger partial charge in [0.15, 0.2) is 11.6 Å². The fourth-order valence-electron chi connectivity index (χ4n) is 3.88. The highest BCUT2D eigenvalue weighted by Gasteiger charge is 2.14. The summed E-state index contributed by atoms with van der Waals surface area (Å²) in [6.45, 7) is 7.73. The van der Waals surface area contributed by atoms with Gasteiger partial charge in [0, 0.05) is 24.0 Å². The van der Waals surface area contributed by atoms with Crippen molar-refractivity contribution in [1.29, 1.82) is 0 Å². The van der Waals surface area contributed by atoms with E-state index < -0.39 is 11.6 Å². The zero-order valence-electron chi connectivity index (χ0n) is 21.7. The van der Waals surface area contributed by atoms with Crippen LogP contribution in [-0.4, -0.2) is 48.2 Å². The van der Waals surface area contributed by atoms with Crippen molar-refractivity contribution in [2.75, 3.05) is 44.0 Å². The minimum Gasteiger partial charge on any atom is -0.495 e. The molecule has 0 unspecified atom stereocenters. The zero-order chi connectivity index (χ0) is 26.9. The Morgan fingerprint density at radius 2 is 1.66 bits per heavy atom. The standard InChI is InChI=1S/C29H31F2N5O2/c1-4-36(5-2)16-17-38-22-13-11-21(12-14-22)33-29-32-19-23(20-10-15-24(30)25(31)18-20)28(35-29)34-26-8-6-7-9-27(26)37-3/h6-15,18-19H,4-5,16-17H2,1-3H3,(H2,32,33,34,35). The molecule has 3 aromatic carbocycles. The van der Waals surface area contributed by atoms with Crippen molar-refractivity contribution in [3.8, 4) is 22.6 Å². The fourth-order valence-corrected chi connectivity index (χ4v) is 3.88. The summed E-state index contributed by atoms with van der Waals surface area (Å²) in [6, 6.07) is 18.6. The molecule has 0 bridgehead atoms. The van der Waals surface area contributed by atoms with Crippen LogP contribution in [0.15, 0.2) is 72.9 Å². The van der Waals surface area contributed by atoms with E-state index in [4.69, 9.17) is 9.47 Å². The van der Waals surface area contributed by atoms with Crippen molar-refractivity contribution in [2.45, 2.75) is 13.8 Å². The molecule has 4 aromatic rings. The molecule has 0 saturated heterocycles. The Morgan fingerprint density at radius 1 is 0.895 bits per heavy atom. The van der Waals surface area contributed by atoms with Gasteiger partial charge in [0.05, 0.1) is 12.8 Å². The molecule has 198 valence electrons. The van der Waals surface area contributed by atoms with Gasteiger partial charge in [-0.25, -0.2) is 13.8 Å². The van der Waals surface area contributed by atoms with E-state index in [9.17, 15) is 8.78 Å². The van der Waals surface area contributed by atoms with Crippen molar-refractivity contribution in [3.05, 3.63) is 84.6 Å². The lowest BCUT2D eigenvalue weighted by Crippen LogP contribution is -2.27. The summed E-state index contributed by atoms with van der Waals surface area (Å²) in [4.78, 5) is 11.3. The molecule has 0 saturated carbocycles. The summed E-state index contributed by atoms with van der Waals surface area (Å²) in [6.07, 6.45) is 1.56. The van der Waals surface area contributed by atoms with Gasteiger partial charge in [-0.15, -0.1) is 0 Å². The van der Waals surface area contributed by atoms with Crippen LogP contribution in [0.25, 0.3) is 11.1 Å². The van der Waals surface area contributed by atoms with Crippen LogP contribution in [0, 0.1) is 11.6 Å². The number of methoxy groups -OCH3 is 1. The topological polar surface area (TPSA) is 71.5 Å². The van der Waals surface area contributed by atoms with Crippen LogP contribution < -0.4 is 20.1 Å². The number of benzene rings is 3. The van der Waals surface area contributed by atoms with E-state index in [1.54, 1.807) is 13.3 Å². The van der Waals surface area contributed by atoms with Gasteiger partial charge in [-0.05, 0) is 67.2 Å². The SMILES string of the molecule is CCN(CC)CCOc1ccc(Nc2ncc(-c3ccc(F)c(F)c3)c(Nc3ccccc3OC)n2)cc1. The average molecular weight is 520 g/mol. The van der Waals surface area contributed by atoms with Gasteiger partial charge in [0.1, 0.15) is 23.9 Å². The molecule has 1 aromatic heterocycles. The molecule has 9 heteroatoms. The summed E-state index contributed by atoms with van der Waals surface area (Å²) in [5.41, 5.74) is 2.36. The molecule has 7 nitrogen and oxygen atoms in total. The summed E-state index contributed by atoms with van der Waals surface area (Å²) in [5, 5.41) is 6.43. The molecule has 0 atom stereocenters. The third-order valence-corrected chi connectivity index (χ3v) is 6.06. The maximum atomic E-state index is 14.0. The number of likely N-dealkylation sites (N-methyl/N-ethyl adjacent to an activating group) is 1. The van der Waals surface area contributed by atoms with Crippen molar-refractivity contribution in [1.82, 2.24) is 14.9 Å². The molecule has 38 heavy (non-hydrogen) atoms. The highest BCUT2D eigenvalue weighted by molar-refractivity contribution is 5.80. The number of ether oxygens (including phenoxy) is 2. The molecule has 0 radical (unpaired) electrons. The minimum absolute atomic E-state index is 0.323. The highest BCUT2D eigenvalue weighted by atomic mass is 19.2. The van der Waals surface area contributed by atoms with E-state index in [0.717, 1.165) is 43.2 Å². The van der Waals surface area contributed by atoms with Crippen molar-refractivity contribution in [2.24, 2.45) is 0 Å². The maximum absolute atomic E-state index is 14.0. The first-order valence-corrected chi connectivity index (χ1v) is 12.5. The Labute approximate surface area is 221 Å². The number of aromatic nitrogens is 2. The summed E-state index contributed by atoms with van der Waals surface area (Å²) < 4.78 is 38.9. The van der Waals surface area contributed by atoms with Gasteiger partial charge in [-0.3, -0.25) is 0 Å². The van der Waals surface area contributed by atoms with Crippen molar-refractivity contribution >= 4 is 23.1 Å². The Morgan fingerprint density at radius 3 is 2.37 bits per heavy atom. The molecule has 0 amide bonds. The fraction of sp³-hybridized carbons (Fsp3) is 0.241. The van der Waals surface area contributed by atoms with Gasteiger partial charge in [0.25, 0.3) is 0 Å². The van der Waals surface area contributed by atoms with Crippen LogP contribution >= 0.6 is 0 Å². The van der Waals surface area contributed by atoms with E-state index >= 15 is 0 Å². The van der Waals surface area contributed by atoms with Crippen LogP contribution in [0.3, 0.4) is 0 Å². The molecular formula is C29H31F2N5O2. The number of nitrogens with one attached hydrogen (secondary N) is 2. The number of para-hydroxylation sites is 2. The molecule has 0 fully saturated rings. The average Bonchev–Trinajstić information content (AvgIpc) is 2.94. The summed E-state index contributed by atoms with van der Waals surface area (Å²) in [5.74, 6) is 0.225. The third-order valence-electron chi connectivity index (χ3n) is 6.06. The Balaban J connectivity index is 1.56. The smallest absolute Gasteiger partial charge is 0.229 e. The van der Waals surface area contributed by atoms with Crippen LogP contribution in [-0.2, 0) is 0 Å². The number of halogens is 2. The zero-order valence-corrected chi connectivity index (χ0v) is 21.7. The molecule has 0 aliphatic heterocycles. The van der Waals surface area contributed by atoms with Gasteiger partial charge >= 0.3 is 0 Å². The highest BCUT2D eigenvalue weighted by Crippen LogP contribution is 2.33. The minimum atomic E-state index is -0.952. The number of nitrogens with zero attached hydrogens (tertiary/aromatic N) is 3. The first kappa shape index (κ1) is 26.8. The lowest BCUT2D eigenvalue weighted by molar-refractivity contribution is 0.223. The van der Waals surface area contributed by atoms with Gasteiger partial charge < -0.3 is 25.0 Å². The summed E-state index contributed by atoms with van der Waals surface area (Å²) >= 11 is 0. The third kappa shape index (κ3) is 6.74. The predicted molar refractivity (Wildman–Crippen MR) is 147 cm³/mol. The Bertz CT molecular complexity index is 1350. The molecule has 0 spiro atoms. The van der Waals surface area contributed by atoms with Crippen molar-refractivity contribution in [3.63, 3.8) is 0 Å². The predicted octanol–water partition coefficient (Wildman–Crippen LogP) is 6.64. The second kappa shape index (κ2) is 12.8. The van der Waals surface area contributed by atoms with Gasteiger partial charge in [-0.2, -0.15) is 4.98 Å². The lowest BCUT2D eigenvalue weighted by Gasteiger charge is -2.18. The van der Waals surface area contributed by atoms with Crippen LogP contribution in [0.1, 0.15) is 13.8 Å². The van der Waals surface area contributed by atoms with E-state index in [1.807, 2.05) is 48.5 Å². The number of anilines is 4. The monoisotopic (exact) mass is 519 g/mol. The number of hydrogen-bond acceptors (Lipinski definition) is 7. The second-order valence-corrected chi connectivity index (χ2v) is 8.43. The van der Waals surface area contributed by atoms with Crippen LogP contribution in [0.2, 0.25) is 0 Å². The van der Waals surface area contributed by atoms with Gasteiger partial charge in [-0.1, -0.05) is 32.0 Å². The van der Waals surface area contributed by atoms with E-state index in [-0.39, 0.29) is 0 Å². The first-order valence-electron chi connectivity index (χ1n) is 12.5. The lowest BCUT2D eigenvalue weighted by atomic mass is 10.1. The largest absolute Gasteiger partial charge is 0.495 e. The summed E-state index contributed by atoms with van der Waals surface area (Å²) in [7, 11) is 1.57. The first-order chi connectivity index (χ1) is 18.5. The molecule has 0 aliphatic carbocycles. The van der Waals surface area contributed by atoms with E-state index in [2.05, 4.69) is 39.3 Å². The Kier molecular flexibility index (Phi) is 9.05. The van der Waals surface area contributed by atoms with E-state index in [1.165, 1.54) is 6.07 Å². The molecule has 2 N–H and O–H groups in total. The molecule has 1 heterocycles. The molecular weight excluding hydrogens is 488 g/mol. The van der Waals surface area contributed by atoms with Gasteiger partial charge in [0.2, 0.25) is 5.95 Å². The normalized spacial score (nSPS) is 10.9. The molecule has 0 aliphatic rings. The quantitative estimate of drug-likeness (QED) is 0.217. The Hall–Kier alpha value is -4.24.